The molecule has 2 aromatic rings. The van der Waals surface area contributed by atoms with Crippen LogP contribution in [-0.4, -0.2) is 11.8 Å². The number of carbonyl (C=O) groups excluding carboxylic acids is 2. The molecule has 0 aliphatic heterocycles. The summed E-state index contributed by atoms with van der Waals surface area (Å²) in [5, 5.41) is 7.60. The molecule has 0 atom stereocenters. The van der Waals surface area contributed by atoms with Gasteiger partial charge >= 0.3 is 0 Å². The van der Waals surface area contributed by atoms with Gasteiger partial charge in [-0.05, 0) is 49.2 Å². The van der Waals surface area contributed by atoms with Gasteiger partial charge in [-0.25, -0.2) is 0 Å². The Labute approximate surface area is 210 Å². The molecule has 0 saturated carbocycles. The van der Waals surface area contributed by atoms with Gasteiger partial charge in [0.25, 0.3) is 0 Å². The Kier molecular flexibility index (Phi) is 12.3. The molecule has 0 aromatic heterocycles. The minimum atomic E-state index is -0.0348. The average Bonchev–Trinajstić information content (AvgIpc) is 2.73. The van der Waals surface area contributed by atoms with E-state index in [0.29, 0.717) is 44.3 Å². The Morgan fingerprint density at radius 1 is 0.562 bits per heavy atom. The maximum absolute atomic E-state index is 12.0. The summed E-state index contributed by atoms with van der Waals surface area (Å²) >= 11 is 23.8. The van der Waals surface area contributed by atoms with E-state index in [0.717, 1.165) is 51.4 Å². The first-order valence-electron chi connectivity index (χ1n) is 10.8. The van der Waals surface area contributed by atoms with Crippen molar-refractivity contribution in [1.82, 2.24) is 0 Å². The molecule has 32 heavy (non-hydrogen) atoms. The first-order chi connectivity index (χ1) is 15.3. The first kappa shape index (κ1) is 26.8. The molecular weight excluding hydrogens is 490 g/mol. The lowest BCUT2D eigenvalue weighted by atomic mass is 10.1. The molecule has 0 fully saturated rings. The van der Waals surface area contributed by atoms with Crippen LogP contribution in [-0.2, 0) is 9.59 Å². The standard InChI is InChI=1S/C24H28Cl4N2O2/c25-17-11-13-21(19(27)15-17)29-23(31)9-7-5-3-1-2-4-6-8-10-24(32)30-22-14-12-18(26)16-20(22)28/h11-16H,1-10H2,(H,29,31)(H,30,32). The molecule has 2 amide bonds. The fourth-order valence-corrected chi connectivity index (χ4v) is 4.15. The Morgan fingerprint density at radius 3 is 1.25 bits per heavy atom. The summed E-state index contributed by atoms with van der Waals surface area (Å²) in [6.07, 6.45) is 9.17. The Bertz CT molecular complexity index is 832. The van der Waals surface area contributed by atoms with Crippen LogP contribution in [0.25, 0.3) is 0 Å². The van der Waals surface area contributed by atoms with Crippen LogP contribution < -0.4 is 10.6 Å². The van der Waals surface area contributed by atoms with Crippen LogP contribution in [0, 0.1) is 0 Å². The zero-order chi connectivity index (χ0) is 23.3. The van der Waals surface area contributed by atoms with Crippen molar-refractivity contribution in [3.63, 3.8) is 0 Å². The van der Waals surface area contributed by atoms with Crippen molar-refractivity contribution in [2.75, 3.05) is 10.6 Å². The second-order valence-electron chi connectivity index (χ2n) is 7.67. The van der Waals surface area contributed by atoms with Crippen molar-refractivity contribution < 1.29 is 9.59 Å². The summed E-state index contributed by atoms with van der Waals surface area (Å²) in [6.45, 7) is 0. The van der Waals surface area contributed by atoms with Gasteiger partial charge in [0.1, 0.15) is 0 Å². The molecule has 0 aliphatic rings. The van der Waals surface area contributed by atoms with Gasteiger partial charge < -0.3 is 10.6 Å². The number of carbonyl (C=O) groups is 2. The summed E-state index contributed by atoms with van der Waals surface area (Å²) in [6, 6.07) is 10.0. The van der Waals surface area contributed by atoms with Crippen LogP contribution in [0.15, 0.2) is 36.4 Å². The van der Waals surface area contributed by atoms with Crippen molar-refractivity contribution in [3.05, 3.63) is 56.5 Å². The second kappa shape index (κ2) is 14.6. The number of hydrogen-bond donors (Lipinski definition) is 2. The van der Waals surface area contributed by atoms with E-state index >= 15 is 0 Å². The molecule has 0 aliphatic carbocycles. The smallest absolute Gasteiger partial charge is 0.224 e. The number of anilines is 2. The zero-order valence-electron chi connectivity index (χ0n) is 17.9. The van der Waals surface area contributed by atoms with Crippen LogP contribution in [0.1, 0.15) is 64.2 Å². The fraction of sp³-hybridized carbons (Fsp3) is 0.417. The highest BCUT2D eigenvalue weighted by Crippen LogP contribution is 2.26. The third-order valence-corrected chi connectivity index (χ3v) is 6.06. The van der Waals surface area contributed by atoms with E-state index in [9.17, 15) is 9.59 Å². The molecule has 0 heterocycles. The topological polar surface area (TPSA) is 58.2 Å². The number of halogens is 4. The third-order valence-electron chi connectivity index (χ3n) is 4.97. The molecule has 0 spiro atoms. The largest absolute Gasteiger partial charge is 0.325 e. The van der Waals surface area contributed by atoms with Gasteiger partial charge in [0.05, 0.1) is 21.4 Å². The van der Waals surface area contributed by atoms with Crippen molar-refractivity contribution in [3.8, 4) is 0 Å². The molecule has 0 unspecified atom stereocenters. The van der Waals surface area contributed by atoms with Crippen molar-refractivity contribution >= 4 is 69.6 Å². The summed E-state index contributed by atoms with van der Waals surface area (Å²) in [5.41, 5.74) is 1.18. The van der Waals surface area contributed by atoms with E-state index in [2.05, 4.69) is 10.6 Å². The van der Waals surface area contributed by atoms with Gasteiger partial charge in [-0.2, -0.15) is 0 Å². The van der Waals surface area contributed by atoms with Gasteiger partial charge in [0.2, 0.25) is 11.8 Å². The quantitative estimate of drug-likeness (QED) is 0.261. The summed E-state index contributed by atoms with van der Waals surface area (Å²) in [4.78, 5) is 24.0. The molecule has 2 N–H and O–H groups in total. The van der Waals surface area contributed by atoms with Gasteiger partial charge in [0.15, 0.2) is 0 Å². The molecule has 4 nitrogen and oxygen atoms in total. The first-order valence-corrected chi connectivity index (χ1v) is 12.4. The van der Waals surface area contributed by atoms with Crippen LogP contribution in [0.2, 0.25) is 20.1 Å². The molecule has 2 rings (SSSR count). The SMILES string of the molecule is O=C(CCCCCCCCCCC(=O)Nc1ccc(Cl)cc1Cl)Nc1ccc(Cl)cc1Cl. The fourth-order valence-electron chi connectivity index (χ4n) is 3.24. The molecule has 0 bridgehead atoms. The number of hydrogen-bond acceptors (Lipinski definition) is 2. The third kappa shape index (κ3) is 10.4. The Morgan fingerprint density at radius 2 is 0.906 bits per heavy atom. The maximum atomic E-state index is 12.0. The number of unbranched alkanes of at least 4 members (excludes halogenated alkanes) is 7. The molecule has 0 radical (unpaired) electrons. The molecule has 8 heteroatoms. The number of amides is 2. The summed E-state index contributed by atoms with van der Waals surface area (Å²) in [5.74, 6) is -0.0697. The Hall–Kier alpha value is -1.46. The van der Waals surface area contributed by atoms with E-state index in [1.807, 2.05) is 0 Å². The molecule has 2 aromatic carbocycles. The lowest BCUT2D eigenvalue weighted by Gasteiger charge is -2.08. The van der Waals surface area contributed by atoms with Crippen LogP contribution in [0.3, 0.4) is 0 Å². The van der Waals surface area contributed by atoms with Crippen molar-refractivity contribution in [2.24, 2.45) is 0 Å². The van der Waals surface area contributed by atoms with Gasteiger partial charge in [-0.3, -0.25) is 9.59 Å². The van der Waals surface area contributed by atoms with Crippen molar-refractivity contribution in [2.45, 2.75) is 64.2 Å². The normalized spacial score (nSPS) is 10.8. The van der Waals surface area contributed by atoms with Gasteiger partial charge in [-0.15, -0.1) is 0 Å². The predicted molar refractivity (Wildman–Crippen MR) is 136 cm³/mol. The zero-order valence-corrected chi connectivity index (χ0v) is 20.9. The lowest BCUT2D eigenvalue weighted by molar-refractivity contribution is -0.117. The number of benzene rings is 2. The highest BCUT2D eigenvalue weighted by atomic mass is 35.5. The van der Waals surface area contributed by atoms with E-state index in [1.165, 1.54) is 0 Å². The van der Waals surface area contributed by atoms with Crippen molar-refractivity contribution in [1.29, 1.82) is 0 Å². The van der Waals surface area contributed by atoms with E-state index in [4.69, 9.17) is 46.4 Å². The lowest BCUT2D eigenvalue weighted by Crippen LogP contribution is -2.11. The van der Waals surface area contributed by atoms with Gasteiger partial charge in [-0.1, -0.05) is 84.9 Å². The Balaban J connectivity index is 1.45. The van der Waals surface area contributed by atoms with Crippen LogP contribution in [0.4, 0.5) is 11.4 Å². The average molecular weight is 518 g/mol. The van der Waals surface area contributed by atoms with E-state index in [1.54, 1.807) is 36.4 Å². The number of nitrogens with one attached hydrogen (secondary N) is 2. The van der Waals surface area contributed by atoms with Crippen LogP contribution in [0.5, 0.6) is 0 Å². The van der Waals surface area contributed by atoms with Gasteiger partial charge in [0, 0.05) is 22.9 Å². The van der Waals surface area contributed by atoms with Crippen LogP contribution >= 0.6 is 46.4 Å². The minimum Gasteiger partial charge on any atom is -0.325 e. The maximum Gasteiger partial charge on any atom is 0.224 e. The van der Waals surface area contributed by atoms with E-state index < -0.39 is 0 Å². The minimum absolute atomic E-state index is 0.0348. The predicted octanol–water partition coefficient (Wildman–Crippen LogP) is 8.78. The summed E-state index contributed by atoms with van der Waals surface area (Å²) < 4.78 is 0. The summed E-state index contributed by atoms with van der Waals surface area (Å²) in [7, 11) is 0. The number of rotatable bonds is 13. The molecular formula is C24H28Cl4N2O2. The monoisotopic (exact) mass is 516 g/mol. The highest BCUT2D eigenvalue weighted by molar-refractivity contribution is 6.37. The second-order valence-corrected chi connectivity index (χ2v) is 9.36. The van der Waals surface area contributed by atoms with E-state index in [-0.39, 0.29) is 11.8 Å². The molecule has 174 valence electrons. The molecule has 0 saturated heterocycles. The highest BCUT2D eigenvalue weighted by Gasteiger charge is 2.07.